The van der Waals surface area contributed by atoms with Crippen molar-refractivity contribution in [2.24, 2.45) is 0 Å². The molecule has 1 unspecified atom stereocenters. The van der Waals surface area contributed by atoms with E-state index >= 15 is 0 Å². The Morgan fingerprint density at radius 1 is 0.828 bits per heavy atom. The van der Waals surface area contributed by atoms with Gasteiger partial charge in [0.2, 0.25) is 0 Å². The minimum atomic E-state index is -0.191. The fourth-order valence-corrected chi connectivity index (χ4v) is 2.79. The second-order valence-electron chi connectivity index (χ2n) is 6.36. The van der Waals surface area contributed by atoms with E-state index in [2.05, 4.69) is 10.6 Å². The Hall–Kier alpha value is -3.26. The molecule has 0 spiro atoms. The highest BCUT2D eigenvalue weighted by atomic mass is 16.5. The maximum atomic E-state index is 12.4. The average Bonchev–Trinajstić information content (AvgIpc) is 2.73. The molecule has 0 aliphatic carbocycles. The fourth-order valence-electron chi connectivity index (χ4n) is 2.79. The maximum Gasteiger partial charge on any atom is 0.279 e. The Kier molecular flexibility index (Phi) is 8.29. The standard InChI is InChI=1S/C21H27N3O5/c1-5-24(13-20(25)22-15-7-6-8-17(11-15)27-2)14-21(26)23-16-9-10-18(28-3)19(12-16)29-4/h6-12H,5,13-14H2,1-4H3,(H,22,25)(H,23,26)/p+1. The number of hydrogen-bond acceptors (Lipinski definition) is 5. The molecule has 3 N–H and O–H groups in total. The summed E-state index contributed by atoms with van der Waals surface area (Å²) in [5.41, 5.74) is 1.25. The Bertz CT molecular complexity index is 841. The Morgan fingerprint density at radius 3 is 2.00 bits per heavy atom. The van der Waals surface area contributed by atoms with Crippen molar-refractivity contribution in [1.29, 1.82) is 0 Å². The molecule has 1 atom stereocenters. The van der Waals surface area contributed by atoms with E-state index in [1.807, 2.05) is 6.92 Å². The number of likely N-dealkylation sites (N-methyl/N-ethyl adjacent to an activating group) is 1. The zero-order chi connectivity index (χ0) is 21.2. The molecular formula is C21H28N3O5+. The first-order valence-corrected chi connectivity index (χ1v) is 9.28. The smallest absolute Gasteiger partial charge is 0.279 e. The molecule has 8 heteroatoms. The van der Waals surface area contributed by atoms with Crippen molar-refractivity contribution in [3.8, 4) is 17.2 Å². The van der Waals surface area contributed by atoms with E-state index in [-0.39, 0.29) is 24.9 Å². The van der Waals surface area contributed by atoms with E-state index in [4.69, 9.17) is 14.2 Å². The number of methoxy groups -OCH3 is 3. The second kappa shape index (κ2) is 10.9. The number of anilines is 2. The second-order valence-corrected chi connectivity index (χ2v) is 6.36. The van der Waals surface area contributed by atoms with Crippen LogP contribution < -0.4 is 29.7 Å². The fraction of sp³-hybridized carbons (Fsp3) is 0.333. The first-order valence-electron chi connectivity index (χ1n) is 9.28. The summed E-state index contributed by atoms with van der Waals surface area (Å²) in [6.45, 7) is 2.90. The quantitative estimate of drug-likeness (QED) is 0.556. The van der Waals surface area contributed by atoms with Crippen molar-refractivity contribution in [3.05, 3.63) is 42.5 Å². The van der Waals surface area contributed by atoms with Gasteiger partial charge in [-0.15, -0.1) is 0 Å². The van der Waals surface area contributed by atoms with Crippen LogP contribution in [0.3, 0.4) is 0 Å². The first kappa shape index (κ1) is 22.0. The summed E-state index contributed by atoms with van der Waals surface area (Å²) in [5, 5.41) is 5.66. The molecule has 0 aromatic heterocycles. The van der Waals surface area contributed by atoms with Gasteiger partial charge in [-0.25, -0.2) is 0 Å². The third-order valence-electron chi connectivity index (χ3n) is 4.34. The molecule has 0 saturated carbocycles. The summed E-state index contributed by atoms with van der Waals surface area (Å²) in [6.07, 6.45) is 0. The Balaban J connectivity index is 1.91. The lowest BCUT2D eigenvalue weighted by Gasteiger charge is -2.17. The minimum Gasteiger partial charge on any atom is -0.497 e. The van der Waals surface area contributed by atoms with Gasteiger partial charge < -0.3 is 29.7 Å². The van der Waals surface area contributed by atoms with E-state index in [0.717, 1.165) is 4.90 Å². The number of hydrogen-bond donors (Lipinski definition) is 3. The van der Waals surface area contributed by atoms with Gasteiger partial charge in [-0.05, 0) is 31.2 Å². The van der Waals surface area contributed by atoms with E-state index in [1.165, 1.54) is 7.11 Å². The lowest BCUT2D eigenvalue weighted by atomic mass is 10.2. The van der Waals surface area contributed by atoms with Gasteiger partial charge in [0.25, 0.3) is 11.8 Å². The van der Waals surface area contributed by atoms with Crippen LogP contribution >= 0.6 is 0 Å². The van der Waals surface area contributed by atoms with E-state index in [1.54, 1.807) is 56.7 Å². The predicted molar refractivity (Wildman–Crippen MR) is 111 cm³/mol. The van der Waals surface area contributed by atoms with Crippen LogP contribution in [0.4, 0.5) is 11.4 Å². The lowest BCUT2D eigenvalue weighted by molar-refractivity contribution is -0.881. The van der Waals surface area contributed by atoms with Gasteiger partial charge in [0.05, 0.1) is 27.9 Å². The van der Waals surface area contributed by atoms with Gasteiger partial charge in [0, 0.05) is 23.5 Å². The predicted octanol–water partition coefficient (Wildman–Crippen LogP) is 1.19. The molecule has 2 rings (SSSR count). The lowest BCUT2D eigenvalue weighted by Crippen LogP contribution is -3.13. The van der Waals surface area contributed by atoms with Crippen molar-refractivity contribution < 1.29 is 28.7 Å². The number of carbonyl (C=O) groups is 2. The highest BCUT2D eigenvalue weighted by Gasteiger charge is 2.17. The van der Waals surface area contributed by atoms with Crippen molar-refractivity contribution in [2.75, 3.05) is 51.6 Å². The highest BCUT2D eigenvalue weighted by Crippen LogP contribution is 2.29. The molecule has 0 radical (unpaired) electrons. The Labute approximate surface area is 170 Å². The number of rotatable bonds is 10. The van der Waals surface area contributed by atoms with Crippen LogP contribution in [0.5, 0.6) is 17.2 Å². The summed E-state index contributed by atoms with van der Waals surface area (Å²) >= 11 is 0. The number of ether oxygens (including phenoxy) is 3. The van der Waals surface area contributed by atoms with Gasteiger partial charge in [0.15, 0.2) is 24.6 Å². The molecule has 0 aliphatic rings. The molecule has 29 heavy (non-hydrogen) atoms. The van der Waals surface area contributed by atoms with E-state index in [0.29, 0.717) is 35.2 Å². The number of benzene rings is 2. The summed E-state index contributed by atoms with van der Waals surface area (Å²) in [7, 11) is 4.66. The van der Waals surface area contributed by atoms with Crippen LogP contribution in [-0.2, 0) is 9.59 Å². The molecule has 156 valence electrons. The number of nitrogens with one attached hydrogen (secondary N) is 3. The monoisotopic (exact) mass is 402 g/mol. The third kappa shape index (κ3) is 6.69. The summed E-state index contributed by atoms with van der Waals surface area (Å²) < 4.78 is 15.6. The molecule has 0 aliphatic heterocycles. The van der Waals surface area contributed by atoms with Crippen molar-refractivity contribution >= 4 is 23.2 Å². The van der Waals surface area contributed by atoms with Crippen molar-refractivity contribution in [1.82, 2.24) is 0 Å². The van der Waals surface area contributed by atoms with E-state index < -0.39 is 0 Å². The molecule has 2 aromatic carbocycles. The van der Waals surface area contributed by atoms with Crippen molar-refractivity contribution in [3.63, 3.8) is 0 Å². The topological polar surface area (TPSA) is 90.3 Å². The van der Waals surface area contributed by atoms with Gasteiger partial charge in [0.1, 0.15) is 5.75 Å². The zero-order valence-electron chi connectivity index (χ0n) is 17.2. The molecule has 0 heterocycles. The molecular weight excluding hydrogens is 374 g/mol. The molecule has 0 bridgehead atoms. The minimum absolute atomic E-state index is 0.163. The number of amides is 2. The summed E-state index contributed by atoms with van der Waals surface area (Å²) in [5.74, 6) is 1.41. The van der Waals surface area contributed by atoms with Crippen LogP contribution in [0.1, 0.15) is 6.92 Å². The molecule has 2 aromatic rings. The SMILES string of the molecule is CC[NH+](CC(=O)Nc1cccc(OC)c1)CC(=O)Nc1ccc(OC)c(OC)c1. The molecule has 0 saturated heterocycles. The third-order valence-corrected chi connectivity index (χ3v) is 4.34. The van der Waals surface area contributed by atoms with Gasteiger partial charge in [-0.2, -0.15) is 0 Å². The van der Waals surface area contributed by atoms with Crippen LogP contribution in [0.15, 0.2) is 42.5 Å². The van der Waals surface area contributed by atoms with Crippen LogP contribution in [0.25, 0.3) is 0 Å². The Morgan fingerprint density at radius 2 is 1.45 bits per heavy atom. The summed E-state index contributed by atoms with van der Waals surface area (Å²) in [4.78, 5) is 25.6. The van der Waals surface area contributed by atoms with Crippen LogP contribution in [-0.4, -0.2) is 52.8 Å². The van der Waals surface area contributed by atoms with Crippen LogP contribution in [0.2, 0.25) is 0 Å². The summed E-state index contributed by atoms with van der Waals surface area (Å²) in [6, 6.07) is 12.3. The normalized spacial score (nSPS) is 11.3. The maximum absolute atomic E-state index is 12.4. The number of carbonyl (C=O) groups excluding carboxylic acids is 2. The first-order chi connectivity index (χ1) is 14.0. The number of quaternary nitrogens is 1. The zero-order valence-corrected chi connectivity index (χ0v) is 17.2. The van der Waals surface area contributed by atoms with Gasteiger partial charge in [-0.1, -0.05) is 6.07 Å². The van der Waals surface area contributed by atoms with Crippen molar-refractivity contribution in [2.45, 2.75) is 6.92 Å². The highest BCUT2D eigenvalue weighted by molar-refractivity contribution is 5.93. The van der Waals surface area contributed by atoms with E-state index in [9.17, 15) is 9.59 Å². The largest absolute Gasteiger partial charge is 0.497 e. The molecule has 0 fully saturated rings. The van der Waals surface area contributed by atoms with Gasteiger partial charge >= 0.3 is 0 Å². The molecule has 2 amide bonds. The molecule has 8 nitrogen and oxygen atoms in total. The average molecular weight is 402 g/mol. The van der Waals surface area contributed by atoms with Crippen LogP contribution in [0, 0.1) is 0 Å². The van der Waals surface area contributed by atoms with Gasteiger partial charge in [-0.3, -0.25) is 9.59 Å².